The zero-order valence-corrected chi connectivity index (χ0v) is 9.79. The quantitative estimate of drug-likeness (QED) is 0.812. The number of ether oxygens (including phenoxy) is 1. The standard InChI is InChI=1S/C14H17FO2/c15-12-3-1-10(9-5-7-17-8-6-9)11-2-4-13(16)14(11)12/h1,3,9,13,16H,2,4-8H2/t13-/m0/s1. The predicted octanol–water partition coefficient (Wildman–Crippen LogP) is 2.70. The van der Waals surface area contributed by atoms with Crippen LogP contribution in [0.3, 0.4) is 0 Å². The fourth-order valence-corrected chi connectivity index (χ4v) is 3.11. The number of rotatable bonds is 1. The monoisotopic (exact) mass is 236 g/mol. The maximum atomic E-state index is 13.7. The molecule has 1 atom stereocenters. The summed E-state index contributed by atoms with van der Waals surface area (Å²) in [6.07, 6.45) is 2.88. The molecule has 2 aliphatic rings. The molecule has 0 radical (unpaired) electrons. The number of aliphatic hydroxyl groups excluding tert-OH is 1. The number of aliphatic hydroxyl groups is 1. The third kappa shape index (κ3) is 1.87. The van der Waals surface area contributed by atoms with Crippen molar-refractivity contribution in [1.82, 2.24) is 0 Å². The Morgan fingerprint density at radius 2 is 1.94 bits per heavy atom. The van der Waals surface area contributed by atoms with Gasteiger partial charge in [0.25, 0.3) is 0 Å². The van der Waals surface area contributed by atoms with Gasteiger partial charge in [0, 0.05) is 18.8 Å². The van der Waals surface area contributed by atoms with Gasteiger partial charge in [-0.15, -0.1) is 0 Å². The molecule has 3 rings (SSSR count). The molecule has 2 nitrogen and oxygen atoms in total. The molecule has 0 aromatic heterocycles. The zero-order valence-electron chi connectivity index (χ0n) is 9.79. The van der Waals surface area contributed by atoms with E-state index in [1.165, 1.54) is 11.6 Å². The van der Waals surface area contributed by atoms with E-state index >= 15 is 0 Å². The molecule has 0 bridgehead atoms. The molecule has 0 amide bonds. The van der Waals surface area contributed by atoms with Gasteiger partial charge < -0.3 is 9.84 Å². The van der Waals surface area contributed by atoms with Crippen molar-refractivity contribution in [3.63, 3.8) is 0 Å². The van der Waals surface area contributed by atoms with Crippen LogP contribution in [0.2, 0.25) is 0 Å². The Bertz CT molecular complexity index is 424. The molecule has 1 fully saturated rings. The molecular formula is C14H17FO2. The second kappa shape index (κ2) is 4.39. The molecule has 1 aliphatic heterocycles. The highest BCUT2D eigenvalue weighted by Gasteiger charge is 2.29. The van der Waals surface area contributed by atoms with E-state index in [-0.39, 0.29) is 5.82 Å². The van der Waals surface area contributed by atoms with Crippen molar-refractivity contribution in [3.8, 4) is 0 Å². The lowest BCUT2D eigenvalue weighted by Gasteiger charge is -2.24. The molecular weight excluding hydrogens is 219 g/mol. The van der Waals surface area contributed by atoms with E-state index in [0.29, 0.717) is 17.9 Å². The molecule has 1 aliphatic carbocycles. The Morgan fingerprint density at radius 1 is 1.18 bits per heavy atom. The van der Waals surface area contributed by atoms with Gasteiger partial charge in [-0.2, -0.15) is 0 Å². The van der Waals surface area contributed by atoms with Gasteiger partial charge >= 0.3 is 0 Å². The van der Waals surface area contributed by atoms with Gasteiger partial charge in [0.15, 0.2) is 0 Å². The Morgan fingerprint density at radius 3 is 2.71 bits per heavy atom. The number of benzene rings is 1. The first-order chi connectivity index (χ1) is 8.27. The van der Waals surface area contributed by atoms with Crippen molar-refractivity contribution in [1.29, 1.82) is 0 Å². The number of halogens is 1. The first-order valence-corrected chi connectivity index (χ1v) is 6.34. The summed E-state index contributed by atoms with van der Waals surface area (Å²) in [5.74, 6) is 0.226. The van der Waals surface area contributed by atoms with Crippen LogP contribution in [-0.2, 0) is 11.2 Å². The summed E-state index contributed by atoms with van der Waals surface area (Å²) in [5, 5.41) is 9.82. The van der Waals surface area contributed by atoms with Crippen molar-refractivity contribution in [2.45, 2.75) is 37.7 Å². The lowest BCUT2D eigenvalue weighted by atomic mass is 9.87. The number of fused-ring (bicyclic) bond motifs is 1. The average molecular weight is 236 g/mol. The second-order valence-corrected chi connectivity index (χ2v) is 4.97. The molecule has 3 heteroatoms. The first-order valence-electron chi connectivity index (χ1n) is 6.34. The smallest absolute Gasteiger partial charge is 0.129 e. The minimum Gasteiger partial charge on any atom is -0.388 e. The summed E-state index contributed by atoms with van der Waals surface area (Å²) in [7, 11) is 0. The van der Waals surface area contributed by atoms with Gasteiger partial charge in [0.1, 0.15) is 5.82 Å². The fourth-order valence-electron chi connectivity index (χ4n) is 3.11. The van der Waals surface area contributed by atoms with Crippen molar-refractivity contribution in [2.75, 3.05) is 13.2 Å². The summed E-state index contributed by atoms with van der Waals surface area (Å²) in [5.41, 5.74) is 2.85. The zero-order chi connectivity index (χ0) is 11.8. The van der Waals surface area contributed by atoms with E-state index in [9.17, 15) is 9.50 Å². The molecule has 1 N–H and O–H groups in total. The molecule has 1 aromatic carbocycles. The summed E-state index contributed by atoms with van der Waals surface area (Å²) in [6, 6.07) is 3.42. The van der Waals surface area contributed by atoms with Crippen LogP contribution in [0.5, 0.6) is 0 Å². The van der Waals surface area contributed by atoms with E-state index in [1.807, 2.05) is 6.07 Å². The lowest BCUT2D eigenvalue weighted by Crippen LogP contribution is -2.15. The minimum absolute atomic E-state index is 0.249. The molecule has 92 valence electrons. The Kier molecular flexibility index (Phi) is 2.89. The highest BCUT2D eigenvalue weighted by atomic mass is 19.1. The SMILES string of the molecule is O[C@H]1CCc2c(C3CCOCC3)ccc(F)c21. The van der Waals surface area contributed by atoms with Gasteiger partial charge in [-0.25, -0.2) is 4.39 Å². The normalized spacial score (nSPS) is 24.9. The molecule has 1 aromatic rings. The molecule has 0 saturated carbocycles. The summed E-state index contributed by atoms with van der Waals surface area (Å²) in [4.78, 5) is 0. The van der Waals surface area contributed by atoms with Crippen LogP contribution in [0.4, 0.5) is 4.39 Å². The minimum atomic E-state index is -0.607. The largest absolute Gasteiger partial charge is 0.388 e. The van der Waals surface area contributed by atoms with E-state index in [2.05, 4.69) is 0 Å². The van der Waals surface area contributed by atoms with Crippen LogP contribution < -0.4 is 0 Å². The Balaban J connectivity index is 2.00. The summed E-state index contributed by atoms with van der Waals surface area (Å²) in [6.45, 7) is 1.58. The Hall–Kier alpha value is -0.930. The maximum Gasteiger partial charge on any atom is 0.129 e. The van der Waals surface area contributed by atoms with Crippen molar-refractivity contribution < 1.29 is 14.2 Å². The van der Waals surface area contributed by atoms with E-state index in [1.54, 1.807) is 0 Å². The number of hydrogen-bond acceptors (Lipinski definition) is 2. The van der Waals surface area contributed by atoms with Crippen molar-refractivity contribution in [2.24, 2.45) is 0 Å². The van der Waals surface area contributed by atoms with Crippen LogP contribution in [0.25, 0.3) is 0 Å². The second-order valence-electron chi connectivity index (χ2n) is 4.97. The van der Waals surface area contributed by atoms with Crippen molar-refractivity contribution >= 4 is 0 Å². The van der Waals surface area contributed by atoms with Crippen LogP contribution in [0.1, 0.15) is 48.0 Å². The third-order valence-electron chi connectivity index (χ3n) is 4.00. The van der Waals surface area contributed by atoms with Crippen LogP contribution in [0.15, 0.2) is 12.1 Å². The lowest BCUT2D eigenvalue weighted by molar-refractivity contribution is 0.0851. The van der Waals surface area contributed by atoms with Gasteiger partial charge in [-0.05, 0) is 48.8 Å². The Labute approximate surface area is 100 Å². The highest BCUT2D eigenvalue weighted by Crippen LogP contribution is 2.40. The molecule has 1 saturated heterocycles. The van der Waals surface area contributed by atoms with Gasteiger partial charge in [-0.1, -0.05) is 6.07 Å². The van der Waals surface area contributed by atoms with Crippen LogP contribution >= 0.6 is 0 Å². The predicted molar refractivity (Wildman–Crippen MR) is 62.5 cm³/mol. The van der Waals surface area contributed by atoms with E-state index < -0.39 is 6.10 Å². The van der Waals surface area contributed by atoms with Crippen LogP contribution in [0, 0.1) is 5.82 Å². The van der Waals surface area contributed by atoms with Crippen molar-refractivity contribution in [3.05, 3.63) is 34.6 Å². The highest BCUT2D eigenvalue weighted by molar-refractivity contribution is 5.43. The maximum absolute atomic E-state index is 13.7. The van der Waals surface area contributed by atoms with Gasteiger partial charge in [-0.3, -0.25) is 0 Å². The molecule has 17 heavy (non-hydrogen) atoms. The van der Waals surface area contributed by atoms with Gasteiger partial charge in [0.05, 0.1) is 6.10 Å². The first kappa shape index (κ1) is 11.2. The topological polar surface area (TPSA) is 29.5 Å². The summed E-state index contributed by atoms with van der Waals surface area (Å²) < 4.78 is 19.1. The van der Waals surface area contributed by atoms with Gasteiger partial charge in [0.2, 0.25) is 0 Å². The van der Waals surface area contributed by atoms with E-state index in [0.717, 1.165) is 38.0 Å². The molecule has 0 spiro atoms. The van der Waals surface area contributed by atoms with Crippen LogP contribution in [-0.4, -0.2) is 18.3 Å². The van der Waals surface area contributed by atoms with E-state index in [4.69, 9.17) is 4.74 Å². The average Bonchev–Trinajstić information content (AvgIpc) is 2.74. The third-order valence-corrected chi connectivity index (χ3v) is 4.00. The number of hydrogen-bond donors (Lipinski definition) is 1. The summed E-state index contributed by atoms with van der Waals surface area (Å²) >= 11 is 0. The molecule has 0 unspecified atom stereocenters. The fraction of sp³-hybridized carbons (Fsp3) is 0.571. The molecule has 1 heterocycles.